The van der Waals surface area contributed by atoms with Crippen molar-refractivity contribution >= 4 is 0 Å². The van der Waals surface area contributed by atoms with Gasteiger partial charge < -0.3 is 9.84 Å². The van der Waals surface area contributed by atoms with Gasteiger partial charge in [-0.3, -0.25) is 9.80 Å². The van der Waals surface area contributed by atoms with E-state index in [1.807, 2.05) is 13.8 Å². The molecule has 0 radical (unpaired) electrons. The highest BCUT2D eigenvalue weighted by molar-refractivity contribution is 4.93. The van der Waals surface area contributed by atoms with Crippen molar-refractivity contribution < 1.29 is 9.84 Å². The second-order valence-electron chi connectivity index (χ2n) is 8.06. The normalized spacial score (nSPS) is 31.3. The number of ether oxygens (including phenoxy) is 1. The first kappa shape index (κ1) is 15.7. The molecule has 3 fully saturated rings. The Morgan fingerprint density at radius 3 is 2.29 bits per heavy atom. The molecule has 4 nitrogen and oxygen atoms in total. The topological polar surface area (TPSA) is 35.9 Å². The van der Waals surface area contributed by atoms with Crippen LogP contribution in [0.3, 0.4) is 0 Å². The second-order valence-corrected chi connectivity index (χ2v) is 8.06. The molecule has 122 valence electrons. The lowest BCUT2D eigenvalue weighted by atomic mass is 9.98. The van der Waals surface area contributed by atoms with E-state index in [0.29, 0.717) is 6.10 Å². The minimum Gasteiger partial charge on any atom is -0.389 e. The fourth-order valence-electron chi connectivity index (χ4n) is 4.38. The van der Waals surface area contributed by atoms with Gasteiger partial charge in [-0.05, 0) is 39.5 Å². The third kappa shape index (κ3) is 4.19. The summed E-state index contributed by atoms with van der Waals surface area (Å²) in [6.07, 6.45) is 8.32. The molecule has 1 saturated carbocycles. The zero-order valence-corrected chi connectivity index (χ0v) is 13.8. The maximum Gasteiger partial charge on any atom is 0.0718 e. The van der Waals surface area contributed by atoms with E-state index in [2.05, 4.69) is 9.80 Å². The Kier molecular flexibility index (Phi) is 4.60. The largest absolute Gasteiger partial charge is 0.389 e. The molecule has 2 saturated heterocycles. The van der Waals surface area contributed by atoms with Gasteiger partial charge in [0.05, 0.1) is 17.3 Å². The predicted molar refractivity (Wildman–Crippen MR) is 84.5 cm³/mol. The first-order valence-corrected chi connectivity index (χ1v) is 8.79. The van der Waals surface area contributed by atoms with Crippen molar-refractivity contribution in [2.75, 3.05) is 39.3 Å². The number of nitrogens with zero attached hydrogens (tertiary/aromatic N) is 2. The van der Waals surface area contributed by atoms with E-state index >= 15 is 0 Å². The monoisotopic (exact) mass is 296 g/mol. The van der Waals surface area contributed by atoms with Crippen LogP contribution >= 0.6 is 0 Å². The van der Waals surface area contributed by atoms with Gasteiger partial charge in [-0.1, -0.05) is 12.8 Å². The van der Waals surface area contributed by atoms with Crippen LogP contribution < -0.4 is 0 Å². The van der Waals surface area contributed by atoms with Crippen molar-refractivity contribution in [1.82, 2.24) is 9.80 Å². The molecule has 0 aromatic heterocycles. The van der Waals surface area contributed by atoms with Crippen LogP contribution in [0.1, 0.15) is 52.4 Å². The standard InChI is InChI=1S/C17H32N2O2/c1-16(2,20)14-19-11-9-18(10-12-19)13-15-5-8-17(21-15)6-3-4-7-17/h15,20H,3-14H2,1-2H3. The lowest BCUT2D eigenvalue weighted by Crippen LogP contribution is -2.51. The van der Waals surface area contributed by atoms with Gasteiger partial charge in [0, 0.05) is 39.3 Å². The molecule has 1 spiro atoms. The number of rotatable bonds is 4. The Morgan fingerprint density at radius 1 is 1.05 bits per heavy atom. The molecule has 0 amide bonds. The number of piperazine rings is 1. The Hall–Kier alpha value is -0.160. The highest BCUT2D eigenvalue weighted by atomic mass is 16.5. The molecule has 1 aliphatic carbocycles. The van der Waals surface area contributed by atoms with Crippen molar-refractivity contribution in [3.8, 4) is 0 Å². The molecule has 1 atom stereocenters. The first-order valence-electron chi connectivity index (χ1n) is 8.79. The van der Waals surface area contributed by atoms with Crippen molar-refractivity contribution in [3.63, 3.8) is 0 Å². The zero-order chi connectivity index (χ0) is 14.9. The van der Waals surface area contributed by atoms with Gasteiger partial charge in [-0.15, -0.1) is 0 Å². The number of aliphatic hydroxyl groups is 1. The maximum atomic E-state index is 9.91. The summed E-state index contributed by atoms with van der Waals surface area (Å²) in [5, 5.41) is 9.91. The molecule has 21 heavy (non-hydrogen) atoms. The van der Waals surface area contributed by atoms with Gasteiger partial charge in [-0.2, -0.15) is 0 Å². The van der Waals surface area contributed by atoms with Crippen LogP contribution in [0.25, 0.3) is 0 Å². The summed E-state index contributed by atoms with van der Waals surface area (Å²) in [4.78, 5) is 4.93. The Bertz CT molecular complexity index is 339. The molecule has 3 aliphatic rings. The van der Waals surface area contributed by atoms with E-state index < -0.39 is 5.60 Å². The van der Waals surface area contributed by atoms with Crippen LogP contribution in [0.2, 0.25) is 0 Å². The van der Waals surface area contributed by atoms with Crippen LogP contribution in [0.4, 0.5) is 0 Å². The van der Waals surface area contributed by atoms with Crippen LogP contribution in [0.5, 0.6) is 0 Å². The number of hydrogen-bond donors (Lipinski definition) is 1. The van der Waals surface area contributed by atoms with Gasteiger partial charge in [0.2, 0.25) is 0 Å². The van der Waals surface area contributed by atoms with Crippen molar-refractivity contribution in [2.24, 2.45) is 0 Å². The highest BCUT2D eigenvalue weighted by Crippen LogP contribution is 2.43. The minimum absolute atomic E-state index is 0.271. The average molecular weight is 296 g/mol. The molecular weight excluding hydrogens is 264 g/mol. The van der Waals surface area contributed by atoms with Gasteiger partial charge >= 0.3 is 0 Å². The summed E-state index contributed by atoms with van der Waals surface area (Å²) >= 11 is 0. The number of β-amino-alcohol motifs (C(OH)–C–C–N with tert-alkyl or cyclic N) is 1. The molecule has 0 bridgehead atoms. The van der Waals surface area contributed by atoms with E-state index in [1.165, 1.54) is 38.5 Å². The molecule has 4 heteroatoms. The molecule has 1 N–H and O–H groups in total. The predicted octanol–water partition coefficient (Wildman–Crippen LogP) is 1.87. The minimum atomic E-state index is -0.578. The van der Waals surface area contributed by atoms with E-state index in [9.17, 15) is 5.11 Å². The van der Waals surface area contributed by atoms with Crippen LogP contribution in [0, 0.1) is 0 Å². The molecular formula is C17H32N2O2. The molecule has 0 aromatic rings. The van der Waals surface area contributed by atoms with E-state index in [1.54, 1.807) is 0 Å². The first-order chi connectivity index (χ1) is 9.94. The van der Waals surface area contributed by atoms with E-state index in [4.69, 9.17) is 4.74 Å². The summed E-state index contributed by atoms with van der Waals surface area (Å²) < 4.78 is 6.42. The molecule has 2 heterocycles. The maximum absolute atomic E-state index is 9.91. The van der Waals surface area contributed by atoms with Crippen LogP contribution in [-0.4, -0.2) is 71.5 Å². The van der Waals surface area contributed by atoms with Crippen LogP contribution in [-0.2, 0) is 4.74 Å². The fraction of sp³-hybridized carbons (Fsp3) is 1.00. The third-order valence-electron chi connectivity index (χ3n) is 5.39. The van der Waals surface area contributed by atoms with Gasteiger partial charge in [0.1, 0.15) is 0 Å². The molecule has 2 aliphatic heterocycles. The van der Waals surface area contributed by atoms with Crippen molar-refractivity contribution in [1.29, 1.82) is 0 Å². The third-order valence-corrected chi connectivity index (χ3v) is 5.39. The lowest BCUT2D eigenvalue weighted by molar-refractivity contribution is -0.0534. The van der Waals surface area contributed by atoms with E-state index in [-0.39, 0.29) is 5.60 Å². The van der Waals surface area contributed by atoms with Crippen LogP contribution in [0.15, 0.2) is 0 Å². The Morgan fingerprint density at radius 2 is 1.67 bits per heavy atom. The second kappa shape index (κ2) is 6.15. The van der Waals surface area contributed by atoms with Gasteiger partial charge in [0.25, 0.3) is 0 Å². The SMILES string of the molecule is CC(C)(O)CN1CCN(CC2CCC3(CCCC3)O2)CC1. The average Bonchev–Trinajstić information content (AvgIpc) is 3.01. The van der Waals surface area contributed by atoms with Crippen molar-refractivity contribution in [2.45, 2.75) is 69.7 Å². The highest BCUT2D eigenvalue weighted by Gasteiger charge is 2.42. The summed E-state index contributed by atoms with van der Waals surface area (Å²) in [6, 6.07) is 0. The Balaban J connectivity index is 1.40. The smallest absolute Gasteiger partial charge is 0.0718 e. The summed E-state index contributed by atoms with van der Waals surface area (Å²) in [5.74, 6) is 0. The lowest BCUT2D eigenvalue weighted by Gasteiger charge is -2.38. The van der Waals surface area contributed by atoms with Gasteiger partial charge in [0.15, 0.2) is 0 Å². The molecule has 1 unspecified atom stereocenters. The van der Waals surface area contributed by atoms with Crippen molar-refractivity contribution in [3.05, 3.63) is 0 Å². The molecule has 0 aromatic carbocycles. The quantitative estimate of drug-likeness (QED) is 0.859. The number of hydrogen-bond acceptors (Lipinski definition) is 4. The summed E-state index contributed by atoms with van der Waals surface area (Å²) in [6.45, 7) is 10.1. The summed E-state index contributed by atoms with van der Waals surface area (Å²) in [7, 11) is 0. The zero-order valence-electron chi connectivity index (χ0n) is 13.8. The summed E-state index contributed by atoms with van der Waals surface area (Å²) in [5.41, 5.74) is -0.307. The molecule has 3 rings (SSSR count). The van der Waals surface area contributed by atoms with Gasteiger partial charge in [-0.25, -0.2) is 0 Å². The fourth-order valence-corrected chi connectivity index (χ4v) is 4.38. The van der Waals surface area contributed by atoms with E-state index in [0.717, 1.165) is 39.3 Å². The Labute approximate surface area is 129 Å².